The minimum Gasteiger partial charge on any atom is -0.444 e. The van der Waals surface area contributed by atoms with Gasteiger partial charge in [-0.1, -0.05) is 0 Å². The zero-order valence-electron chi connectivity index (χ0n) is 19.2. The Labute approximate surface area is 197 Å². The lowest BCUT2D eigenvalue weighted by Gasteiger charge is -2.22. The van der Waals surface area contributed by atoms with Crippen molar-refractivity contribution in [1.82, 2.24) is 35.4 Å². The van der Waals surface area contributed by atoms with E-state index in [9.17, 15) is 4.79 Å². The van der Waals surface area contributed by atoms with Gasteiger partial charge in [0, 0.05) is 23.9 Å². The molecular weight excluding hydrogens is 436 g/mol. The summed E-state index contributed by atoms with van der Waals surface area (Å²) in [4.78, 5) is 17.0. The fourth-order valence-electron chi connectivity index (χ4n) is 4.68. The Bertz CT molecular complexity index is 1180. The summed E-state index contributed by atoms with van der Waals surface area (Å²) in [7, 11) is 0. The molecule has 3 aromatic rings. The van der Waals surface area contributed by atoms with Crippen LogP contribution in [-0.4, -0.2) is 62.2 Å². The van der Waals surface area contributed by atoms with Crippen LogP contribution in [0.1, 0.15) is 62.4 Å². The Balaban J connectivity index is 1.13. The summed E-state index contributed by atoms with van der Waals surface area (Å²) in [6, 6.07) is 3.86. The molecule has 180 valence electrons. The molecule has 3 aliphatic rings. The van der Waals surface area contributed by atoms with Crippen LogP contribution in [0.3, 0.4) is 0 Å². The number of nitrogens with zero attached hydrogens (tertiary/aromatic N) is 4. The number of alkyl carbamates (subject to hydrolysis) is 1. The molecule has 3 fully saturated rings. The van der Waals surface area contributed by atoms with Crippen LogP contribution in [0, 0.1) is 0 Å². The predicted octanol–water partition coefficient (Wildman–Crippen LogP) is 2.77. The third-order valence-corrected chi connectivity index (χ3v) is 6.99. The van der Waals surface area contributed by atoms with Crippen molar-refractivity contribution >= 4 is 23.2 Å². The molecular formula is C23H30N8O3. The third kappa shape index (κ3) is 4.45. The molecule has 2 atom stereocenters. The van der Waals surface area contributed by atoms with Gasteiger partial charge < -0.3 is 25.4 Å². The highest BCUT2D eigenvalue weighted by atomic mass is 16.6. The third-order valence-electron chi connectivity index (χ3n) is 6.99. The smallest absolute Gasteiger partial charge is 0.407 e. The van der Waals surface area contributed by atoms with Crippen molar-refractivity contribution in [2.75, 3.05) is 25.0 Å². The molecule has 2 unspecified atom stereocenters. The molecule has 0 radical (unpaired) electrons. The largest absolute Gasteiger partial charge is 0.444 e. The summed E-state index contributed by atoms with van der Waals surface area (Å²) in [6.45, 7) is 4.40. The number of carbonyl (C=O) groups is 1. The number of ether oxygens (including phenoxy) is 2. The number of hydrogen-bond acceptors (Lipinski definition) is 8. The van der Waals surface area contributed by atoms with Crippen molar-refractivity contribution in [3.05, 3.63) is 35.9 Å². The number of anilines is 2. The van der Waals surface area contributed by atoms with E-state index in [1.807, 2.05) is 29.8 Å². The summed E-state index contributed by atoms with van der Waals surface area (Å²) >= 11 is 0. The molecule has 0 bridgehead atoms. The molecule has 6 rings (SSSR count). The van der Waals surface area contributed by atoms with Gasteiger partial charge in [0.2, 0.25) is 0 Å². The predicted molar refractivity (Wildman–Crippen MR) is 124 cm³/mol. The summed E-state index contributed by atoms with van der Waals surface area (Å²) < 4.78 is 13.3. The number of hydrogen-bond donors (Lipinski definition) is 4. The van der Waals surface area contributed by atoms with Crippen molar-refractivity contribution in [2.45, 2.75) is 62.7 Å². The lowest BCUT2D eigenvalue weighted by Crippen LogP contribution is -2.37. The number of fused-ring (bicyclic) bond motifs is 1. The van der Waals surface area contributed by atoms with Gasteiger partial charge >= 0.3 is 6.09 Å². The highest BCUT2D eigenvalue weighted by Gasteiger charge is 2.40. The van der Waals surface area contributed by atoms with Gasteiger partial charge in [0.25, 0.3) is 0 Å². The van der Waals surface area contributed by atoms with Crippen LogP contribution in [0.2, 0.25) is 0 Å². The number of aromatic amines is 1. The maximum absolute atomic E-state index is 12.1. The molecule has 0 spiro atoms. The van der Waals surface area contributed by atoms with Gasteiger partial charge in [0.15, 0.2) is 11.6 Å². The summed E-state index contributed by atoms with van der Waals surface area (Å²) in [5.74, 6) is 1.79. The number of carbonyl (C=O) groups excluding carboxylic acids is 1. The van der Waals surface area contributed by atoms with Gasteiger partial charge in [-0.05, 0) is 51.8 Å². The molecule has 3 aromatic heterocycles. The SMILES string of the molecule is CC1(NC(=O)OC2COC(c3cc(Nc4nc(C5CCNCC5)cn5nccc45)n[nH]3)C2)CC1. The maximum atomic E-state index is 12.1. The average molecular weight is 467 g/mol. The highest BCUT2D eigenvalue weighted by Crippen LogP contribution is 2.35. The molecule has 1 saturated carbocycles. The fourth-order valence-corrected chi connectivity index (χ4v) is 4.68. The Morgan fingerprint density at radius 3 is 3.00 bits per heavy atom. The second kappa shape index (κ2) is 8.55. The van der Waals surface area contributed by atoms with Crippen molar-refractivity contribution in [3.8, 4) is 0 Å². The molecule has 2 aliphatic heterocycles. The van der Waals surface area contributed by atoms with Crippen LogP contribution >= 0.6 is 0 Å². The first-order valence-corrected chi connectivity index (χ1v) is 12.0. The number of H-pyrrole nitrogens is 1. The summed E-state index contributed by atoms with van der Waals surface area (Å²) in [6.07, 6.45) is 7.65. The van der Waals surface area contributed by atoms with Crippen LogP contribution in [0.25, 0.3) is 5.52 Å². The van der Waals surface area contributed by atoms with Gasteiger partial charge in [0.05, 0.1) is 30.4 Å². The molecule has 1 aliphatic carbocycles. The minimum atomic E-state index is -0.370. The molecule has 0 aromatic carbocycles. The van der Waals surface area contributed by atoms with Gasteiger partial charge in [-0.15, -0.1) is 0 Å². The number of aromatic nitrogens is 5. The van der Waals surface area contributed by atoms with Crippen LogP contribution in [0.4, 0.5) is 16.4 Å². The van der Waals surface area contributed by atoms with Crippen LogP contribution in [0.5, 0.6) is 0 Å². The Kier molecular flexibility index (Phi) is 5.37. The highest BCUT2D eigenvalue weighted by molar-refractivity contribution is 5.72. The van der Waals surface area contributed by atoms with E-state index in [1.165, 1.54) is 0 Å². The van der Waals surface area contributed by atoms with Crippen LogP contribution < -0.4 is 16.0 Å². The van der Waals surface area contributed by atoms with Crippen molar-refractivity contribution < 1.29 is 14.3 Å². The first-order valence-electron chi connectivity index (χ1n) is 12.0. The number of rotatable bonds is 6. The van der Waals surface area contributed by atoms with E-state index in [4.69, 9.17) is 14.5 Å². The zero-order valence-corrected chi connectivity index (χ0v) is 19.2. The second-order valence-electron chi connectivity index (χ2n) is 9.80. The quantitative estimate of drug-likeness (QED) is 0.436. The number of piperidine rings is 1. The molecule has 4 N–H and O–H groups in total. The standard InChI is InChI=1S/C23H30N8O3/c1-23(5-6-23)28-22(32)34-15-10-19(33-13-15)16-11-20(30-29-16)27-21-18-4-9-25-31(18)12-17(26-21)14-2-7-24-8-3-14/h4,9,11-12,14-15,19,24H,2-3,5-8,10,13H2,1H3,(H,28,32)(H2,26,27,29,30). The van der Waals surface area contributed by atoms with Gasteiger partial charge in [-0.2, -0.15) is 10.2 Å². The van der Waals surface area contributed by atoms with E-state index in [2.05, 4.69) is 31.2 Å². The van der Waals surface area contributed by atoms with E-state index >= 15 is 0 Å². The first kappa shape index (κ1) is 21.4. The van der Waals surface area contributed by atoms with Gasteiger partial charge in [-0.3, -0.25) is 5.10 Å². The summed E-state index contributed by atoms with van der Waals surface area (Å²) in [5.41, 5.74) is 2.67. The Morgan fingerprint density at radius 2 is 2.18 bits per heavy atom. The lowest BCUT2D eigenvalue weighted by molar-refractivity contribution is 0.0675. The van der Waals surface area contributed by atoms with Gasteiger partial charge in [0.1, 0.15) is 17.7 Å². The Morgan fingerprint density at radius 1 is 1.32 bits per heavy atom. The van der Waals surface area contributed by atoms with E-state index < -0.39 is 0 Å². The fraction of sp³-hybridized carbons (Fsp3) is 0.565. The number of amides is 1. The van der Waals surface area contributed by atoms with E-state index in [0.29, 0.717) is 24.8 Å². The maximum Gasteiger partial charge on any atom is 0.407 e. The van der Waals surface area contributed by atoms with E-state index in [1.54, 1.807) is 6.20 Å². The molecule has 34 heavy (non-hydrogen) atoms. The second-order valence-corrected chi connectivity index (χ2v) is 9.80. The number of nitrogens with one attached hydrogen (secondary N) is 4. The van der Waals surface area contributed by atoms with Crippen LogP contribution in [-0.2, 0) is 9.47 Å². The normalized spacial score (nSPS) is 24.3. The van der Waals surface area contributed by atoms with Crippen molar-refractivity contribution in [2.24, 2.45) is 0 Å². The van der Waals surface area contributed by atoms with Crippen molar-refractivity contribution in [1.29, 1.82) is 0 Å². The van der Waals surface area contributed by atoms with E-state index in [0.717, 1.165) is 61.5 Å². The summed E-state index contributed by atoms with van der Waals surface area (Å²) in [5, 5.41) is 21.6. The van der Waals surface area contributed by atoms with Crippen molar-refractivity contribution in [3.63, 3.8) is 0 Å². The monoisotopic (exact) mass is 466 g/mol. The van der Waals surface area contributed by atoms with Gasteiger partial charge in [-0.25, -0.2) is 14.3 Å². The Hall–Kier alpha value is -3.18. The molecule has 2 saturated heterocycles. The molecule has 11 nitrogen and oxygen atoms in total. The first-order chi connectivity index (χ1) is 16.5. The minimum absolute atomic E-state index is 0.0972. The molecule has 5 heterocycles. The van der Waals surface area contributed by atoms with E-state index in [-0.39, 0.29) is 23.8 Å². The zero-order chi connectivity index (χ0) is 23.1. The average Bonchev–Trinajstić information content (AvgIpc) is 3.28. The molecule has 11 heteroatoms. The lowest BCUT2D eigenvalue weighted by atomic mass is 9.95. The molecule has 1 amide bonds. The van der Waals surface area contributed by atoms with Crippen LogP contribution in [0.15, 0.2) is 24.5 Å². The topological polar surface area (TPSA) is 130 Å².